The van der Waals surface area contributed by atoms with Crippen LogP contribution in [0.15, 0.2) is 0 Å². The molecule has 0 radical (unpaired) electrons. The summed E-state index contributed by atoms with van der Waals surface area (Å²) in [6.07, 6.45) is 7.90. The van der Waals surface area contributed by atoms with E-state index in [2.05, 4.69) is 10.2 Å². The molecule has 0 aromatic rings. The molecule has 3 nitrogen and oxygen atoms in total. The molecule has 0 spiro atoms. The van der Waals surface area contributed by atoms with Crippen LogP contribution < -0.4 is 17.7 Å². The minimum Gasteiger partial charge on any atom is -1.00 e. The van der Waals surface area contributed by atoms with Crippen molar-refractivity contribution in [2.75, 3.05) is 26.2 Å². The number of hydrogen-bond donors (Lipinski definition) is 1. The van der Waals surface area contributed by atoms with E-state index < -0.39 is 0 Å². The number of piperazine rings is 1. The van der Waals surface area contributed by atoms with Crippen LogP contribution in [0.5, 0.6) is 0 Å². The van der Waals surface area contributed by atoms with Crippen molar-refractivity contribution in [1.29, 1.82) is 0 Å². The van der Waals surface area contributed by atoms with E-state index in [9.17, 15) is 4.79 Å². The maximum absolute atomic E-state index is 12.9. The lowest BCUT2D eigenvalue weighted by Gasteiger charge is -2.56. The zero-order chi connectivity index (χ0) is 12.2. The summed E-state index contributed by atoms with van der Waals surface area (Å²) in [6, 6.07) is 0. The van der Waals surface area contributed by atoms with Gasteiger partial charge in [-0.1, -0.05) is 0 Å². The van der Waals surface area contributed by atoms with Crippen molar-refractivity contribution in [2.45, 2.75) is 38.5 Å². The molecule has 4 heteroatoms. The lowest BCUT2D eigenvalue weighted by atomic mass is 9.49. The second kappa shape index (κ2) is 4.92. The maximum Gasteiger partial charge on any atom is 0.228 e. The summed E-state index contributed by atoms with van der Waals surface area (Å²) in [5.41, 5.74) is 0.0755. The average molecular weight is 284 g/mol. The summed E-state index contributed by atoms with van der Waals surface area (Å²) in [5, 5.41) is 3.35. The van der Waals surface area contributed by atoms with Crippen LogP contribution in [-0.4, -0.2) is 37.0 Å². The number of carbonyl (C=O) groups is 1. The molecule has 1 N–H and O–H groups in total. The Kier molecular flexibility index (Phi) is 3.55. The molecule has 4 saturated carbocycles. The van der Waals surface area contributed by atoms with E-state index in [0.717, 1.165) is 43.9 Å². The third kappa shape index (κ3) is 2.19. The Morgan fingerprint density at radius 1 is 0.947 bits per heavy atom. The Labute approximate surface area is 121 Å². The summed E-state index contributed by atoms with van der Waals surface area (Å²) >= 11 is 0. The fourth-order valence-corrected chi connectivity index (χ4v) is 5.58. The number of amides is 1. The lowest BCUT2D eigenvalue weighted by molar-refractivity contribution is -0.158. The van der Waals surface area contributed by atoms with E-state index in [4.69, 9.17) is 0 Å². The van der Waals surface area contributed by atoms with Crippen molar-refractivity contribution in [3.8, 4) is 0 Å². The van der Waals surface area contributed by atoms with E-state index >= 15 is 0 Å². The van der Waals surface area contributed by atoms with Gasteiger partial charge in [-0.15, -0.1) is 0 Å². The molecule has 0 unspecified atom stereocenters. The minimum absolute atomic E-state index is 0. The van der Waals surface area contributed by atoms with E-state index in [0.29, 0.717) is 5.91 Å². The molecule has 4 aliphatic carbocycles. The Morgan fingerprint density at radius 2 is 1.42 bits per heavy atom. The van der Waals surface area contributed by atoms with Crippen LogP contribution in [0.3, 0.4) is 0 Å². The summed E-state index contributed by atoms with van der Waals surface area (Å²) in [7, 11) is 0. The van der Waals surface area contributed by atoms with Gasteiger partial charge in [0.1, 0.15) is 0 Å². The fraction of sp³-hybridized carbons (Fsp3) is 0.933. The smallest absolute Gasteiger partial charge is 0.228 e. The average Bonchev–Trinajstić information content (AvgIpc) is 2.37. The van der Waals surface area contributed by atoms with Gasteiger partial charge in [0.05, 0.1) is 5.41 Å². The monoisotopic (exact) mass is 283 g/mol. The number of nitrogens with one attached hydrogen (secondary N) is 1. The molecule has 5 fully saturated rings. The summed E-state index contributed by atoms with van der Waals surface area (Å²) in [5.74, 6) is 3.15. The molecular weight excluding hydrogens is 260 g/mol. The SMILES string of the molecule is O=C(N1CCNCC1)C12CC3CC(CC(C3)C1)C2.[Cl-]. The minimum atomic E-state index is 0. The topological polar surface area (TPSA) is 32.3 Å². The second-order valence-corrected chi connectivity index (χ2v) is 7.24. The first-order chi connectivity index (χ1) is 8.75. The molecule has 19 heavy (non-hydrogen) atoms. The molecule has 5 aliphatic rings. The molecule has 108 valence electrons. The fourth-order valence-electron chi connectivity index (χ4n) is 5.58. The predicted octanol–water partition coefficient (Wildman–Crippen LogP) is -1.36. The van der Waals surface area contributed by atoms with Crippen molar-refractivity contribution in [3.63, 3.8) is 0 Å². The molecule has 0 aromatic carbocycles. The second-order valence-electron chi connectivity index (χ2n) is 7.24. The molecule has 1 amide bonds. The number of nitrogens with zero attached hydrogens (tertiary/aromatic N) is 1. The van der Waals surface area contributed by atoms with Crippen LogP contribution in [-0.2, 0) is 4.79 Å². The summed E-state index contributed by atoms with van der Waals surface area (Å²) < 4.78 is 0. The molecule has 4 bridgehead atoms. The number of hydrogen-bond acceptors (Lipinski definition) is 2. The van der Waals surface area contributed by atoms with Gasteiger partial charge in [-0.05, 0) is 56.3 Å². The lowest BCUT2D eigenvalue weighted by Crippen LogP contribution is -3.00. The first-order valence-corrected chi connectivity index (χ1v) is 7.75. The number of rotatable bonds is 1. The quantitative estimate of drug-likeness (QED) is 0.645. The Balaban J connectivity index is 0.00000110. The number of carbonyl (C=O) groups excluding carboxylic acids is 1. The highest BCUT2D eigenvalue weighted by molar-refractivity contribution is 5.83. The largest absolute Gasteiger partial charge is 1.00 e. The van der Waals surface area contributed by atoms with Crippen molar-refractivity contribution >= 4 is 5.91 Å². The van der Waals surface area contributed by atoms with Crippen molar-refractivity contribution in [2.24, 2.45) is 23.2 Å². The van der Waals surface area contributed by atoms with Crippen LogP contribution in [0.4, 0.5) is 0 Å². The van der Waals surface area contributed by atoms with Crippen molar-refractivity contribution in [3.05, 3.63) is 0 Å². The molecular formula is C15H24ClN2O-. The van der Waals surface area contributed by atoms with Gasteiger partial charge < -0.3 is 22.6 Å². The molecule has 5 rings (SSSR count). The van der Waals surface area contributed by atoms with Gasteiger partial charge in [-0.25, -0.2) is 0 Å². The third-order valence-electron chi connectivity index (χ3n) is 5.90. The third-order valence-corrected chi connectivity index (χ3v) is 5.90. The van der Waals surface area contributed by atoms with Crippen LogP contribution in [0.25, 0.3) is 0 Å². The van der Waals surface area contributed by atoms with E-state index in [1.807, 2.05) is 0 Å². The van der Waals surface area contributed by atoms with E-state index in [1.165, 1.54) is 38.5 Å². The normalized spacial score (nSPS) is 44.0. The molecule has 1 heterocycles. The van der Waals surface area contributed by atoms with Crippen LogP contribution >= 0.6 is 0 Å². The highest BCUT2D eigenvalue weighted by Gasteiger charge is 2.55. The molecule has 1 saturated heterocycles. The maximum atomic E-state index is 12.9. The van der Waals surface area contributed by atoms with Crippen LogP contribution in [0.1, 0.15) is 38.5 Å². The zero-order valence-corrected chi connectivity index (χ0v) is 12.3. The van der Waals surface area contributed by atoms with Gasteiger partial charge in [0.15, 0.2) is 0 Å². The van der Waals surface area contributed by atoms with Gasteiger partial charge in [0, 0.05) is 26.2 Å². The van der Waals surface area contributed by atoms with Crippen molar-refractivity contribution in [1.82, 2.24) is 10.2 Å². The molecule has 1 aliphatic heterocycles. The number of halogens is 1. The highest BCUT2D eigenvalue weighted by atomic mass is 35.5. The van der Waals surface area contributed by atoms with Crippen LogP contribution in [0, 0.1) is 23.2 Å². The van der Waals surface area contributed by atoms with Gasteiger partial charge in [0.25, 0.3) is 0 Å². The predicted molar refractivity (Wildman–Crippen MR) is 70.1 cm³/mol. The summed E-state index contributed by atoms with van der Waals surface area (Å²) in [4.78, 5) is 15.1. The highest BCUT2D eigenvalue weighted by Crippen LogP contribution is 2.60. The van der Waals surface area contributed by atoms with Crippen LogP contribution in [0.2, 0.25) is 0 Å². The van der Waals surface area contributed by atoms with Gasteiger partial charge in [0.2, 0.25) is 5.91 Å². The zero-order valence-electron chi connectivity index (χ0n) is 11.5. The standard InChI is InChI=1S/C15H24N2O.ClH/c18-14(17-3-1-16-2-4-17)15-8-11-5-12(9-15)7-13(6-11)10-15;/h11-13,16H,1-10H2;1H/p-1. The van der Waals surface area contributed by atoms with E-state index in [-0.39, 0.29) is 17.8 Å². The Bertz CT molecular complexity index is 330. The first-order valence-electron chi connectivity index (χ1n) is 7.75. The van der Waals surface area contributed by atoms with Gasteiger partial charge in [-0.2, -0.15) is 0 Å². The van der Waals surface area contributed by atoms with E-state index in [1.54, 1.807) is 0 Å². The van der Waals surface area contributed by atoms with Gasteiger partial charge in [-0.3, -0.25) is 4.79 Å². The van der Waals surface area contributed by atoms with Gasteiger partial charge >= 0.3 is 0 Å². The molecule has 0 atom stereocenters. The summed E-state index contributed by atoms with van der Waals surface area (Å²) in [6.45, 7) is 3.83. The first kappa shape index (κ1) is 13.7. The van der Waals surface area contributed by atoms with Crippen molar-refractivity contribution < 1.29 is 17.2 Å². The molecule has 0 aromatic heterocycles. The Morgan fingerprint density at radius 3 is 1.89 bits per heavy atom. The Hall–Kier alpha value is -0.280.